The highest BCUT2D eigenvalue weighted by Gasteiger charge is 2.31. The Hall–Kier alpha value is -2.44. The molecule has 1 aromatic heterocycles. The topological polar surface area (TPSA) is 62.6 Å². The first-order chi connectivity index (χ1) is 11.0. The molecule has 0 bridgehead atoms. The lowest BCUT2D eigenvalue weighted by atomic mass is 10.1. The minimum Gasteiger partial charge on any atom is -0.457 e. The Bertz CT molecular complexity index is 839. The van der Waals surface area contributed by atoms with Crippen LogP contribution in [0.4, 0.5) is 0 Å². The number of thiocarbonyl (C=S) groups is 1. The molecule has 1 aliphatic rings. The highest BCUT2D eigenvalue weighted by Crippen LogP contribution is 2.25. The van der Waals surface area contributed by atoms with Gasteiger partial charge in [-0.15, -0.1) is 0 Å². The number of halogens is 1. The maximum atomic E-state index is 12.1. The fraction of sp³-hybridized carbons (Fsp3) is 0.0625. The molecule has 116 valence electrons. The van der Waals surface area contributed by atoms with E-state index in [0.717, 1.165) is 5.56 Å². The summed E-state index contributed by atoms with van der Waals surface area (Å²) in [6.45, 7) is 0. The van der Waals surface area contributed by atoms with Crippen molar-refractivity contribution in [1.29, 1.82) is 0 Å². The summed E-state index contributed by atoms with van der Waals surface area (Å²) in [5, 5.41) is 3.16. The molecular formula is C16H11ClN2O3S. The molecule has 7 heteroatoms. The fourth-order valence-electron chi connectivity index (χ4n) is 2.09. The zero-order chi connectivity index (χ0) is 16.6. The van der Waals surface area contributed by atoms with E-state index in [2.05, 4.69) is 5.32 Å². The van der Waals surface area contributed by atoms with Crippen LogP contribution in [0.15, 0.2) is 46.4 Å². The molecular weight excluding hydrogens is 336 g/mol. The minimum atomic E-state index is -0.539. The number of likely N-dealkylation sites (N-methyl/N-ethyl adjacent to an activating group) is 1. The molecule has 2 amide bonds. The number of nitrogens with one attached hydrogen (secondary N) is 1. The van der Waals surface area contributed by atoms with Crippen LogP contribution >= 0.6 is 23.8 Å². The van der Waals surface area contributed by atoms with E-state index in [1.54, 1.807) is 24.3 Å². The van der Waals surface area contributed by atoms with Crippen LogP contribution in [0.25, 0.3) is 17.4 Å². The first kappa shape index (κ1) is 15.5. The second kappa shape index (κ2) is 5.98. The van der Waals surface area contributed by atoms with Gasteiger partial charge >= 0.3 is 0 Å². The van der Waals surface area contributed by atoms with Crippen LogP contribution in [0.5, 0.6) is 0 Å². The lowest BCUT2D eigenvalue weighted by molar-refractivity contribution is -0.128. The first-order valence-electron chi connectivity index (χ1n) is 6.66. The number of carbonyl (C=O) groups excluding carboxylic acids is 2. The zero-order valence-electron chi connectivity index (χ0n) is 12.0. The number of benzene rings is 1. The van der Waals surface area contributed by atoms with Crippen molar-refractivity contribution in [3.05, 3.63) is 52.8 Å². The predicted octanol–water partition coefficient (Wildman–Crippen LogP) is 2.86. The van der Waals surface area contributed by atoms with Crippen molar-refractivity contribution in [3.63, 3.8) is 0 Å². The van der Waals surface area contributed by atoms with Crippen LogP contribution in [0.3, 0.4) is 0 Å². The summed E-state index contributed by atoms with van der Waals surface area (Å²) in [6, 6.07) is 10.6. The van der Waals surface area contributed by atoms with Gasteiger partial charge in [0.05, 0.1) is 0 Å². The second-order valence-electron chi connectivity index (χ2n) is 4.89. The molecule has 0 radical (unpaired) electrons. The van der Waals surface area contributed by atoms with E-state index < -0.39 is 11.8 Å². The summed E-state index contributed by atoms with van der Waals surface area (Å²) in [5.41, 5.74) is 0.815. The van der Waals surface area contributed by atoms with Gasteiger partial charge in [-0.3, -0.25) is 19.8 Å². The maximum Gasteiger partial charge on any atom is 0.265 e. The van der Waals surface area contributed by atoms with Gasteiger partial charge in [0, 0.05) is 17.6 Å². The number of nitrogens with zero attached hydrogens (tertiary/aromatic N) is 1. The number of hydrogen-bond donors (Lipinski definition) is 1. The highest BCUT2D eigenvalue weighted by molar-refractivity contribution is 7.80. The van der Waals surface area contributed by atoms with Crippen molar-refractivity contribution in [2.24, 2.45) is 0 Å². The van der Waals surface area contributed by atoms with Crippen LogP contribution < -0.4 is 5.32 Å². The van der Waals surface area contributed by atoms with Crippen molar-refractivity contribution in [2.75, 3.05) is 7.05 Å². The van der Waals surface area contributed by atoms with E-state index >= 15 is 0 Å². The summed E-state index contributed by atoms with van der Waals surface area (Å²) in [5.74, 6) is 0.00135. The normalized spacial score (nSPS) is 16.9. The van der Waals surface area contributed by atoms with E-state index in [9.17, 15) is 9.59 Å². The smallest absolute Gasteiger partial charge is 0.265 e. The lowest BCUT2D eigenvalue weighted by Crippen LogP contribution is -2.52. The number of furan rings is 1. The van der Waals surface area contributed by atoms with Crippen molar-refractivity contribution < 1.29 is 14.0 Å². The largest absolute Gasteiger partial charge is 0.457 e. The van der Waals surface area contributed by atoms with E-state index in [-0.39, 0.29) is 10.7 Å². The third-order valence-electron chi connectivity index (χ3n) is 3.35. The molecule has 1 N–H and O–H groups in total. The monoisotopic (exact) mass is 346 g/mol. The summed E-state index contributed by atoms with van der Waals surface area (Å²) < 4.78 is 5.67. The van der Waals surface area contributed by atoms with Crippen LogP contribution in [-0.4, -0.2) is 28.9 Å². The van der Waals surface area contributed by atoms with Crippen molar-refractivity contribution in [3.8, 4) is 11.3 Å². The number of carbonyl (C=O) groups is 2. The molecule has 1 aliphatic heterocycles. The molecule has 0 saturated carbocycles. The molecule has 3 rings (SSSR count). The van der Waals surface area contributed by atoms with Gasteiger partial charge in [-0.2, -0.15) is 0 Å². The summed E-state index contributed by atoms with van der Waals surface area (Å²) >= 11 is 10.7. The quantitative estimate of drug-likeness (QED) is 0.516. The Morgan fingerprint density at radius 3 is 2.57 bits per heavy atom. The van der Waals surface area contributed by atoms with Crippen molar-refractivity contribution >= 4 is 46.8 Å². The van der Waals surface area contributed by atoms with Crippen LogP contribution in [0.2, 0.25) is 5.02 Å². The molecule has 1 aromatic carbocycles. The van der Waals surface area contributed by atoms with Crippen molar-refractivity contribution in [1.82, 2.24) is 10.2 Å². The molecule has 0 atom stereocenters. The van der Waals surface area contributed by atoms with Gasteiger partial charge in [-0.25, -0.2) is 0 Å². The zero-order valence-corrected chi connectivity index (χ0v) is 13.6. The predicted molar refractivity (Wildman–Crippen MR) is 90.6 cm³/mol. The van der Waals surface area contributed by atoms with E-state index in [1.807, 2.05) is 12.1 Å². The molecule has 0 aliphatic carbocycles. The van der Waals surface area contributed by atoms with Gasteiger partial charge in [0.15, 0.2) is 5.11 Å². The Kier molecular flexibility index (Phi) is 4.02. The van der Waals surface area contributed by atoms with E-state index in [0.29, 0.717) is 16.5 Å². The van der Waals surface area contributed by atoms with Gasteiger partial charge in [-0.05, 0) is 54.7 Å². The molecule has 23 heavy (non-hydrogen) atoms. The number of amides is 2. The molecule has 2 heterocycles. The molecule has 0 spiro atoms. The van der Waals surface area contributed by atoms with Gasteiger partial charge in [0.2, 0.25) is 0 Å². The Labute approximate surface area is 142 Å². The van der Waals surface area contributed by atoms with Gasteiger partial charge in [0.25, 0.3) is 11.8 Å². The average molecular weight is 347 g/mol. The molecule has 1 fully saturated rings. The Morgan fingerprint density at radius 2 is 1.87 bits per heavy atom. The van der Waals surface area contributed by atoms with Gasteiger partial charge < -0.3 is 4.42 Å². The van der Waals surface area contributed by atoms with Crippen molar-refractivity contribution in [2.45, 2.75) is 0 Å². The summed E-state index contributed by atoms with van der Waals surface area (Å²) in [7, 11) is 1.50. The highest BCUT2D eigenvalue weighted by atomic mass is 35.5. The van der Waals surface area contributed by atoms with Gasteiger partial charge in [-0.1, -0.05) is 11.6 Å². The molecule has 5 nitrogen and oxygen atoms in total. The second-order valence-corrected chi connectivity index (χ2v) is 5.71. The minimum absolute atomic E-state index is 0.0295. The fourth-order valence-corrected chi connectivity index (χ4v) is 2.39. The molecule has 0 unspecified atom stereocenters. The lowest BCUT2D eigenvalue weighted by Gasteiger charge is -2.24. The van der Waals surface area contributed by atoms with Crippen LogP contribution in [-0.2, 0) is 9.59 Å². The summed E-state index contributed by atoms with van der Waals surface area (Å²) in [6.07, 6.45) is 1.40. The Morgan fingerprint density at radius 1 is 1.17 bits per heavy atom. The molecule has 1 saturated heterocycles. The first-order valence-corrected chi connectivity index (χ1v) is 7.45. The average Bonchev–Trinajstić information content (AvgIpc) is 2.99. The Balaban J connectivity index is 1.91. The maximum absolute atomic E-state index is 12.1. The van der Waals surface area contributed by atoms with E-state index in [4.69, 9.17) is 28.2 Å². The van der Waals surface area contributed by atoms with Gasteiger partial charge in [0.1, 0.15) is 17.1 Å². The standard InChI is InChI=1S/C16H11ClN2O3S/c1-19-15(21)12(14(20)18-16(19)23)8-11-6-7-13(22-11)9-2-4-10(17)5-3-9/h2-8H,1H3,(H,18,20,23). The molecule has 2 aromatic rings. The third kappa shape index (κ3) is 3.04. The SMILES string of the molecule is CN1C(=O)C(=Cc2ccc(-c3ccc(Cl)cc3)o2)C(=O)NC1=S. The summed E-state index contributed by atoms with van der Waals surface area (Å²) in [4.78, 5) is 25.2. The van der Waals surface area contributed by atoms with Crippen LogP contribution in [0, 0.1) is 0 Å². The van der Waals surface area contributed by atoms with E-state index in [1.165, 1.54) is 18.0 Å². The number of hydrogen-bond acceptors (Lipinski definition) is 4. The third-order valence-corrected chi connectivity index (χ3v) is 3.97. The number of rotatable bonds is 2. The van der Waals surface area contributed by atoms with Crippen LogP contribution in [0.1, 0.15) is 5.76 Å².